The molecule has 3 aromatic rings. The molecule has 174 valence electrons. The van der Waals surface area contributed by atoms with E-state index >= 15 is 0 Å². The summed E-state index contributed by atoms with van der Waals surface area (Å²) in [6.07, 6.45) is -4.21. The zero-order chi connectivity index (χ0) is 24.1. The largest absolute Gasteiger partial charge is 0.416 e. The van der Waals surface area contributed by atoms with Gasteiger partial charge in [0.15, 0.2) is 0 Å². The lowest BCUT2D eigenvalue weighted by atomic mass is 10.1. The Labute approximate surface area is 198 Å². The van der Waals surface area contributed by atoms with E-state index in [0.29, 0.717) is 10.9 Å². The first-order valence-electron chi connectivity index (χ1n) is 9.82. The maximum Gasteiger partial charge on any atom is 0.416 e. The van der Waals surface area contributed by atoms with Gasteiger partial charge in [0.2, 0.25) is 15.9 Å². The molecular formula is C23H20BrF3N2O3S. The van der Waals surface area contributed by atoms with Gasteiger partial charge < -0.3 is 5.32 Å². The number of nitrogens with zero attached hydrogens (tertiary/aromatic N) is 1. The van der Waals surface area contributed by atoms with Crippen LogP contribution in [0.3, 0.4) is 0 Å². The highest BCUT2D eigenvalue weighted by Gasteiger charge is 2.31. The average Bonchev–Trinajstić information content (AvgIpc) is 2.77. The Morgan fingerprint density at radius 3 is 2.24 bits per heavy atom. The lowest BCUT2D eigenvalue weighted by molar-refractivity contribution is -0.137. The first kappa shape index (κ1) is 24.9. The molecule has 0 unspecified atom stereocenters. The fourth-order valence-electron chi connectivity index (χ4n) is 3.07. The van der Waals surface area contributed by atoms with Gasteiger partial charge in [0, 0.05) is 16.7 Å². The number of carbonyl (C=O) groups is 1. The Balaban J connectivity index is 1.81. The first-order chi connectivity index (χ1) is 15.6. The second-order valence-electron chi connectivity index (χ2n) is 7.15. The highest BCUT2D eigenvalue weighted by molar-refractivity contribution is 9.10. The SMILES string of the molecule is O=C(CN(CCc1ccccc1)S(=O)(=O)c1ccc(Br)cc1)Nc1cccc(C(F)(F)F)c1. The molecule has 0 heterocycles. The van der Waals surface area contributed by atoms with Crippen molar-refractivity contribution >= 4 is 37.5 Å². The standard InChI is InChI=1S/C23H20BrF3N2O3S/c24-19-9-11-21(12-10-19)33(31,32)29(14-13-17-5-2-1-3-6-17)16-22(30)28-20-8-4-7-18(15-20)23(25,26)27/h1-12,15H,13-14,16H2,(H,28,30). The molecule has 0 spiro atoms. The third-order valence-electron chi connectivity index (χ3n) is 4.74. The van der Waals surface area contributed by atoms with Crippen molar-refractivity contribution in [1.29, 1.82) is 0 Å². The van der Waals surface area contributed by atoms with E-state index in [9.17, 15) is 26.4 Å². The minimum Gasteiger partial charge on any atom is -0.325 e. The van der Waals surface area contributed by atoms with Crippen molar-refractivity contribution in [2.45, 2.75) is 17.5 Å². The number of hydrogen-bond acceptors (Lipinski definition) is 3. The Bertz CT molecular complexity index is 1200. The molecule has 3 aromatic carbocycles. The summed E-state index contributed by atoms with van der Waals surface area (Å²) in [5, 5.41) is 2.36. The van der Waals surface area contributed by atoms with E-state index in [4.69, 9.17) is 0 Å². The molecule has 0 radical (unpaired) electrons. The third-order valence-corrected chi connectivity index (χ3v) is 7.13. The molecule has 0 atom stereocenters. The van der Waals surface area contributed by atoms with Crippen molar-refractivity contribution in [3.8, 4) is 0 Å². The highest BCUT2D eigenvalue weighted by Crippen LogP contribution is 2.30. The predicted molar refractivity (Wildman–Crippen MR) is 123 cm³/mol. The van der Waals surface area contributed by atoms with Crippen LogP contribution in [0.5, 0.6) is 0 Å². The summed E-state index contributed by atoms with van der Waals surface area (Å²) in [5.41, 5.74) is -0.102. The molecule has 1 N–H and O–H groups in total. The molecule has 0 aromatic heterocycles. The fourth-order valence-corrected chi connectivity index (χ4v) is 4.73. The second-order valence-corrected chi connectivity index (χ2v) is 10.0. The number of hydrogen-bond donors (Lipinski definition) is 1. The summed E-state index contributed by atoms with van der Waals surface area (Å²) >= 11 is 3.25. The number of nitrogens with one attached hydrogen (secondary N) is 1. The number of rotatable bonds is 8. The lowest BCUT2D eigenvalue weighted by Crippen LogP contribution is -2.39. The van der Waals surface area contributed by atoms with Crippen LogP contribution in [0, 0.1) is 0 Å². The zero-order valence-corrected chi connectivity index (χ0v) is 19.6. The van der Waals surface area contributed by atoms with Crippen LogP contribution < -0.4 is 5.32 Å². The molecule has 3 rings (SSSR count). The topological polar surface area (TPSA) is 66.5 Å². The van der Waals surface area contributed by atoms with E-state index in [1.54, 1.807) is 12.1 Å². The maximum atomic E-state index is 13.2. The van der Waals surface area contributed by atoms with Crippen molar-refractivity contribution in [2.75, 3.05) is 18.4 Å². The zero-order valence-electron chi connectivity index (χ0n) is 17.2. The second kappa shape index (κ2) is 10.5. The number of sulfonamides is 1. The van der Waals surface area contributed by atoms with Gasteiger partial charge in [-0.25, -0.2) is 8.42 Å². The van der Waals surface area contributed by atoms with Gasteiger partial charge in [-0.15, -0.1) is 0 Å². The van der Waals surface area contributed by atoms with Gasteiger partial charge in [-0.2, -0.15) is 17.5 Å². The lowest BCUT2D eigenvalue weighted by Gasteiger charge is -2.22. The van der Waals surface area contributed by atoms with E-state index in [1.165, 1.54) is 24.3 Å². The van der Waals surface area contributed by atoms with Crippen LogP contribution >= 0.6 is 15.9 Å². The molecule has 0 aliphatic rings. The predicted octanol–water partition coefficient (Wildman–Crippen LogP) is 5.34. The van der Waals surface area contributed by atoms with Gasteiger partial charge in [0.05, 0.1) is 17.0 Å². The Morgan fingerprint density at radius 2 is 1.61 bits per heavy atom. The van der Waals surface area contributed by atoms with E-state index < -0.39 is 34.2 Å². The Morgan fingerprint density at radius 1 is 0.939 bits per heavy atom. The van der Waals surface area contributed by atoms with Gasteiger partial charge in [-0.3, -0.25) is 4.79 Å². The van der Waals surface area contributed by atoms with Crippen LogP contribution in [-0.4, -0.2) is 31.7 Å². The molecule has 0 aliphatic heterocycles. The minimum atomic E-state index is -4.56. The van der Waals surface area contributed by atoms with Gasteiger partial charge in [-0.05, 0) is 54.4 Å². The van der Waals surface area contributed by atoms with Gasteiger partial charge in [0.25, 0.3) is 0 Å². The average molecular weight is 541 g/mol. The molecule has 0 aliphatic carbocycles. The van der Waals surface area contributed by atoms with Crippen molar-refractivity contribution in [3.63, 3.8) is 0 Å². The van der Waals surface area contributed by atoms with Crippen LogP contribution in [0.25, 0.3) is 0 Å². The molecule has 0 fully saturated rings. The quantitative estimate of drug-likeness (QED) is 0.419. The summed E-state index contributed by atoms with van der Waals surface area (Å²) in [4.78, 5) is 12.6. The van der Waals surface area contributed by atoms with Crippen molar-refractivity contribution < 1.29 is 26.4 Å². The normalized spacial score (nSPS) is 12.0. The molecular weight excluding hydrogens is 521 g/mol. The highest BCUT2D eigenvalue weighted by atomic mass is 79.9. The molecule has 1 amide bonds. The van der Waals surface area contributed by atoms with Crippen LogP contribution in [0.2, 0.25) is 0 Å². The van der Waals surface area contributed by atoms with Crippen molar-refractivity contribution in [3.05, 3.63) is 94.5 Å². The smallest absolute Gasteiger partial charge is 0.325 e. The summed E-state index contributed by atoms with van der Waals surface area (Å²) in [5.74, 6) is -0.747. The number of benzene rings is 3. The first-order valence-corrected chi connectivity index (χ1v) is 12.1. The van der Waals surface area contributed by atoms with Gasteiger partial charge in [0.1, 0.15) is 0 Å². The monoisotopic (exact) mass is 540 g/mol. The molecule has 10 heteroatoms. The summed E-state index contributed by atoms with van der Waals surface area (Å²) in [6.45, 7) is -0.542. The number of amides is 1. The Kier molecular flexibility index (Phi) is 7.93. The summed E-state index contributed by atoms with van der Waals surface area (Å²) in [6, 6.07) is 19.3. The van der Waals surface area contributed by atoms with Crippen LogP contribution in [0.1, 0.15) is 11.1 Å². The minimum absolute atomic E-state index is 0.00521. The maximum absolute atomic E-state index is 13.2. The Hall–Kier alpha value is -2.69. The molecule has 0 saturated heterocycles. The number of halogens is 4. The van der Waals surface area contributed by atoms with E-state index in [-0.39, 0.29) is 17.1 Å². The molecule has 33 heavy (non-hydrogen) atoms. The van der Waals surface area contributed by atoms with Gasteiger partial charge >= 0.3 is 6.18 Å². The molecule has 0 saturated carbocycles. The number of anilines is 1. The fraction of sp³-hybridized carbons (Fsp3) is 0.174. The van der Waals surface area contributed by atoms with Crippen molar-refractivity contribution in [1.82, 2.24) is 4.31 Å². The third kappa shape index (κ3) is 6.89. The van der Waals surface area contributed by atoms with E-state index in [0.717, 1.165) is 22.0 Å². The van der Waals surface area contributed by atoms with Crippen LogP contribution in [-0.2, 0) is 27.4 Å². The summed E-state index contributed by atoms with van der Waals surface area (Å²) in [7, 11) is -4.04. The van der Waals surface area contributed by atoms with E-state index in [1.807, 2.05) is 30.3 Å². The number of alkyl halides is 3. The summed E-state index contributed by atoms with van der Waals surface area (Å²) < 4.78 is 67.0. The van der Waals surface area contributed by atoms with Crippen molar-refractivity contribution in [2.24, 2.45) is 0 Å². The van der Waals surface area contributed by atoms with Crippen LogP contribution in [0.15, 0.2) is 88.2 Å². The molecule has 5 nitrogen and oxygen atoms in total. The van der Waals surface area contributed by atoms with E-state index in [2.05, 4.69) is 21.2 Å². The number of carbonyl (C=O) groups excluding carboxylic acids is 1. The van der Waals surface area contributed by atoms with Gasteiger partial charge in [-0.1, -0.05) is 52.3 Å². The molecule has 0 bridgehead atoms. The van der Waals surface area contributed by atoms with Crippen LogP contribution in [0.4, 0.5) is 18.9 Å².